The lowest BCUT2D eigenvalue weighted by Gasteiger charge is -2.07. The van der Waals surface area contributed by atoms with Crippen molar-refractivity contribution >= 4 is 45.7 Å². The van der Waals surface area contributed by atoms with Gasteiger partial charge in [-0.15, -0.1) is 0 Å². The summed E-state index contributed by atoms with van der Waals surface area (Å²) in [6.07, 6.45) is 1.06. The second kappa shape index (κ2) is 10.7. The molecule has 1 N–H and O–H groups in total. The smallest absolute Gasteiger partial charge is 0.412 e. The molecule has 0 fully saturated rings. The molecule has 1 amide bonds. The first kappa shape index (κ1) is 23.1. The largest absolute Gasteiger partial charge is 0.497 e. The van der Waals surface area contributed by atoms with E-state index in [0.29, 0.717) is 43.4 Å². The number of nitriles is 1. The van der Waals surface area contributed by atoms with Crippen LogP contribution in [0.15, 0.2) is 42.5 Å². The van der Waals surface area contributed by atoms with E-state index in [1.165, 1.54) is 11.3 Å². The standard InChI is InChI=1S/C23H20ClN3O4S/c1-4-31-23(28)27-22-20(14-5-7-17(24)8-6-14)26-21(32-22)16(13-25)11-15-12-18(29-2)9-10-19(15)30-3/h5-12H,4H2,1-3H3,(H,27,28). The third-order valence-corrected chi connectivity index (χ3v) is 5.58. The van der Waals surface area contributed by atoms with Gasteiger partial charge < -0.3 is 14.2 Å². The third-order valence-electron chi connectivity index (χ3n) is 4.32. The fraction of sp³-hybridized carbons (Fsp3) is 0.174. The summed E-state index contributed by atoms with van der Waals surface area (Å²) in [5.41, 5.74) is 2.20. The summed E-state index contributed by atoms with van der Waals surface area (Å²) in [6.45, 7) is 1.95. The van der Waals surface area contributed by atoms with Gasteiger partial charge in [0.1, 0.15) is 33.3 Å². The maximum absolute atomic E-state index is 12.1. The zero-order chi connectivity index (χ0) is 23.1. The van der Waals surface area contributed by atoms with Crippen molar-refractivity contribution in [1.29, 1.82) is 5.26 Å². The van der Waals surface area contributed by atoms with Crippen molar-refractivity contribution in [2.45, 2.75) is 6.92 Å². The van der Waals surface area contributed by atoms with Crippen LogP contribution in [0.2, 0.25) is 5.02 Å². The summed E-state index contributed by atoms with van der Waals surface area (Å²) < 4.78 is 15.7. The van der Waals surface area contributed by atoms with E-state index in [0.717, 1.165) is 5.56 Å². The molecule has 3 rings (SSSR count). The predicted molar refractivity (Wildman–Crippen MR) is 126 cm³/mol. The fourth-order valence-corrected chi connectivity index (χ4v) is 3.90. The second-order valence-electron chi connectivity index (χ2n) is 6.33. The molecule has 9 heteroatoms. The van der Waals surface area contributed by atoms with E-state index in [-0.39, 0.29) is 6.61 Å². The van der Waals surface area contributed by atoms with Gasteiger partial charge in [-0.1, -0.05) is 35.1 Å². The zero-order valence-electron chi connectivity index (χ0n) is 17.6. The maximum atomic E-state index is 12.1. The Kier molecular flexibility index (Phi) is 7.71. The van der Waals surface area contributed by atoms with Gasteiger partial charge in [-0.05, 0) is 43.3 Å². The molecule has 0 saturated heterocycles. The van der Waals surface area contributed by atoms with Crippen LogP contribution in [-0.2, 0) is 4.74 Å². The number of nitrogens with one attached hydrogen (secondary N) is 1. The lowest BCUT2D eigenvalue weighted by atomic mass is 10.1. The second-order valence-corrected chi connectivity index (χ2v) is 7.76. The Morgan fingerprint density at radius 2 is 1.97 bits per heavy atom. The Balaban J connectivity index is 2.09. The normalized spacial score (nSPS) is 10.9. The lowest BCUT2D eigenvalue weighted by molar-refractivity contribution is 0.168. The van der Waals surface area contributed by atoms with Crippen LogP contribution < -0.4 is 14.8 Å². The van der Waals surface area contributed by atoms with Crippen molar-refractivity contribution in [2.24, 2.45) is 0 Å². The highest BCUT2D eigenvalue weighted by Crippen LogP contribution is 2.38. The lowest BCUT2D eigenvalue weighted by Crippen LogP contribution is -2.12. The van der Waals surface area contributed by atoms with E-state index >= 15 is 0 Å². The molecule has 0 aliphatic rings. The third kappa shape index (κ3) is 5.38. The molecule has 2 aromatic carbocycles. The van der Waals surface area contributed by atoms with Crippen molar-refractivity contribution in [2.75, 3.05) is 26.1 Å². The molecule has 1 aromatic heterocycles. The van der Waals surface area contributed by atoms with Gasteiger partial charge in [0.2, 0.25) is 0 Å². The molecular formula is C23H20ClN3O4S. The van der Waals surface area contributed by atoms with Gasteiger partial charge in [-0.2, -0.15) is 5.26 Å². The summed E-state index contributed by atoms with van der Waals surface area (Å²) in [6, 6.07) is 14.5. The van der Waals surface area contributed by atoms with E-state index in [2.05, 4.69) is 16.4 Å². The van der Waals surface area contributed by atoms with Crippen LogP contribution in [0.4, 0.5) is 9.80 Å². The van der Waals surface area contributed by atoms with Gasteiger partial charge in [-0.3, -0.25) is 5.32 Å². The summed E-state index contributed by atoms with van der Waals surface area (Å²) in [7, 11) is 3.11. The Morgan fingerprint density at radius 3 is 2.59 bits per heavy atom. The van der Waals surface area contributed by atoms with Crippen molar-refractivity contribution in [1.82, 2.24) is 4.98 Å². The van der Waals surface area contributed by atoms with E-state index in [1.807, 2.05) is 0 Å². The summed E-state index contributed by atoms with van der Waals surface area (Å²) in [5.74, 6) is 1.21. The van der Waals surface area contributed by atoms with Gasteiger partial charge in [0.25, 0.3) is 0 Å². The molecule has 0 unspecified atom stereocenters. The molecule has 164 valence electrons. The fourth-order valence-electron chi connectivity index (χ4n) is 2.83. The average molecular weight is 470 g/mol. The number of hydrogen-bond acceptors (Lipinski definition) is 7. The number of benzene rings is 2. The highest BCUT2D eigenvalue weighted by molar-refractivity contribution is 7.17. The predicted octanol–water partition coefficient (Wildman–Crippen LogP) is 6.11. The minimum atomic E-state index is -0.602. The molecule has 0 spiro atoms. The number of anilines is 1. The molecule has 0 atom stereocenters. The molecular weight excluding hydrogens is 450 g/mol. The summed E-state index contributed by atoms with van der Waals surface area (Å²) in [5, 5.41) is 14.0. The number of methoxy groups -OCH3 is 2. The minimum Gasteiger partial charge on any atom is -0.497 e. The van der Waals surface area contributed by atoms with Gasteiger partial charge in [-0.25, -0.2) is 9.78 Å². The molecule has 3 aromatic rings. The first-order valence-corrected chi connectivity index (χ1v) is 10.7. The van der Waals surface area contributed by atoms with E-state index < -0.39 is 6.09 Å². The minimum absolute atomic E-state index is 0.229. The van der Waals surface area contributed by atoms with Crippen LogP contribution in [0.3, 0.4) is 0 Å². The summed E-state index contributed by atoms with van der Waals surface area (Å²) >= 11 is 7.17. The van der Waals surface area contributed by atoms with Crippen LogP contribution >= 0.6 is 22.9 Å². The van der Waals surface area contributed by atoms with Crippen molar-refractivity contribution < 1.29 is 19.0 Å². The number of thiazole rings is 1. The monoisotopic (exact) mass is 469 g/mol. The molecule has 7 nitrogen and oxygen atoms in total. The zero-order valence-corrected chi connectivity index (χ0v) is 19.2. The van der Waals surface area contributed by atoms with Crippen LogP contribution in [0, 0.1) is 11.3 Å². The van der Waals surface area contributed by atoms with Gasteiger partial charge in [0, 0.05) is 16.1 Å². The number of hydrogen-bond donors (Lipinski definition) is 1. The Labute approximate surface area is 194 Å². The van der Waals surface area contributed by atoms with Crippen LogP contribution in [0.25, 0.3) is 22.9 Å². The number of amides is 1. The van der Waals surface area contributed by atoms with E-state index in [9.17, 15) is 10.1 Å². The number of carbonyl (C=O) groups is 1. The highest BCUT2D eigenvalue weighted by atomic mass is 35.5. The molecule has 0 saturated carbocycles. The quantitative estimate of drug-likeness (QED) is 0.419. The summed E-state index contributed by atoms with van der Waals surface area (Å²) in [4.78, 5) is 16.7. The molecule has 0 radical (unpaired) electrons. The SMILES string of the molecule is CCOC(=O)Nc1sc(C(C#N)=Cc2cc(OC)ccc2OC)nc1-c1ccc(Cl)cc1. The first-order chi connectivity index (χ1) is 15.5. The van der Waals surface area contributed by atoms with E-state index in [4.69, 9.17) is 25.8 Å². The van der Waals surface area contributed by atoms with Gasteiger partial charge in [0.05, 0.1) is 26.4 Å². The first-order valence-electron chi connectivity index (χ1n) is 9.53. The van der Waals surface area contributed by atoms with Crippen LogP contribution in [-0.4, -0.2) is 31.9 Å². The van der Waals surface area contributed by atoms with Crippen molar-refractivity contribution in [3.8, 4) is 28.8 Å². The molecule has 0 bridgehead atoms. The number of ether oxygens (including phenoxy) is 3. The topological polar surface area (TPSA) is 93.5 Å². The van der Waals surface area contributed by atoms with Gasteiger partial charge in [0.15, 0.2) is 0 Å². The number of nitrogens with zero attached hydrogens (tertiary/aromatic N) is 2. The Bertz CT molecular complexity index is 1180. The molecule has 32 heavy (non-hydrogen) atoms. The van der Waals surface area contributed by atoms with Gasteiger partial charge >= 0.3 is 6.09 Å². The number of carbonyl (C=O) groups excluding carboxylic acids is 1. The Morgan fingerprint density at radius 1 is 1.22 bits per heavy atom. The molecule has 0 aliphatic heterocycles. The van der Waals surface area contributed by atoms with Crippen LogP contribution in [0.1, 0.15) is 17.5 Å². The van der Waals surface area contributed by atoms with Crippen molar-refractivity contribution in [3.05, 3.63) is 58.1 Å². The average Bonchev–Trinajstić information content (AvgIpc) is 3.21. The number of aromatic nitrogens is 1. The molecule has 0 aliphatic carbocycles. The highest BCUT2D eigenvalue weighted by Gasteiger charge is 2.19. The van der Waals surface area contributed by atoms with E-state index in [1.54, 1.807) is 69.7 Å². The van der Waals surface area contributed by atoms with Crippen molar-refractivity contribution in [3.63, 3.8) is 0 Å². The number of rotatable bonds is 7. The number of allylic oxidation sites excluding steroid dienone is 1. The van der Waals surface area contributed by atoms with Crippen LogP contribution in [0.5, 0.6) is 11.5 Å². The Hall–Kier alpha value is -3.54. The maximum Gasteiger partial charge on any atom is 0.412 e. The number of halogens is 1. The molecule has 1 heterocycles.